The van der Waals surface area contributed by atoms with Gasteiger partial charge in [-0.2, -0.15) is 0 Å². The molecule has 0 saturated carbocycles. The standard InChI is InChI=1S/C5H10.C3H8.C2H6/c1-4-5(2)3;1-3-2;1-2/h2,4H2,1,3H3;3H2,1-2H3;1-2H3. The Kier molecular flexibility index (Phi) is 38.2. The van der Waals surface area contributed by atoms with Crippen molar-refractivity contribution >= 4 is 0 Å². The molecule has 0 rings (SSSR count). The Labute approximate surface area is 67.3 Å². The van der Waals surface area contributed by atoms with Gasteiger partial charge in [0.1, 0.15) is 0 Å². The van der Waals surface area contributed by atoms with Crippen LogP contribution < -0.4 is 0 Å². The summed E-state index contributed by atoms with van der Waals surface area (Å²) in [5, 5.41) is 0. The molecule has 10 heavy (non-hydrogen) atoms. The molecule has 0 heteroatoms. The van der Waals surface area contributed by atoms with E-state index < -0.39 is 0 Å². The summed E-state index contributed by atoms with van der Waals surface area (Å²) in [7, 11) is 0. The molecule has 0 heterocycles. The van der Waals surface area contributed by atoms with E-state index in [1.165, 1.54) is 12.0 Å². The summed E-state index contributed by atoms with van der Waals surface area (Å²) in [6.45, 7) is 16.1. The normalized spacial score (nSPS) is 6.20. The van der Waals surface area contributed by atoms with Crippen LogP contribution in [0.4, 0.5) is 0 Å². The van der Waals surface area contributed by atoms with E-state index in [1.54, 1.807) is 0 Å². The topological polar surface area (TPSA) is 0 Å². The first-order chi connectivity index (χ1) is 4.68. The van der Waals surface area contributed by atoms with Gasteiger partial charge < -0.3 is 0 Å². The van der Waals surface area contributed by atoms with Crippen molar-refractivity contribution in [2.24, 2.45) is 0 Å². The van der Waals surface area contributed by atoms with E-state index in [-0.39, 0.29) is 0 Å². The lowest BCUT2D eigenvalue weighted by Gasteiger charge is -1.79. The molecule has 0 aliphatic carbocycles. The van der Waals surface area contributed by atoms with E-state index in [0.29, 0.717) is 0 Å². The van der Waals surface area contributed by atoms with Crippen LogP contribution >= 0.6 is 0 Å². The van der Waals surface area contributed by atoms with Crippen LogP contribution in [0, 0.1) is 0 Å². The van der Waals surface area contributed by atoms with Crippen LogP contribution in [-0.4, -0.2) is 0 Å². The van der Waals surface area contributed by atoms with Crippen LogP contribution in [0.2, 0.25) is 0 Å². The first-order valence-corrected chi connectivity index (χ1v) is 4.33. The molecule has 0 aliphatic heterocycles. The number of hydrogen-bond donors (Lipinski definition) is 0. The zero-order valence-corrected chi connectivity index (χ0v) is 8.62. The van der Waals surface area contributed by atoms with Gasteiger partial charge in [-0.3, -0.25) is 0 Å². The molecule has 0 aromatic carbocycles. The minimum Gasteiger partial charge on any atom is -0.100 e. The molecule has 0 nitrogen and oxygen atoms in total. The molecular weight excluding hydrogens is 120 g/mol. The van der Waals surface area contributed by atoms with Gasteiger partial charge in [-0.1, -0.05) is 46.6 Å². The third-order valence-electron chi connectivity index (χ3n) is 0.604. The SMILES string of the molecule is C=C(C)CC.CC.CCC. The third kappa shape index (κ3) is 116. The molecule has 0 fully saturated rings. The molecule has 0 atom stereocenters. The Morgan fingerprint density at radius 1 is 1.10 bits per heavy atom. The molecule has 0 aromatic heterocycles. The maximum Gasteiger partial charge on any atom is -0.0354 e. The average molecular weight is 144 g/mol. The minimum atomic E-state index is 1.11. The number of hydrogen-bond acceptors (Lipinski definition) is 0. The van der Waals surface area contributed by atoms with Crippen molar-refractivity contribution in [3.63, 3.8) is 0 Å². The van der Waals surface area contributed by atoms with Gasteiger partial charge in [-0.25, -0.2) is 0 Å². The fraction of sp³-hybridized carbons (Fsp3) is 0.800. The maximum atomic E-state index is 3.67. The van der Waals surface area contributed by atoms with Gasteiger partial charge in [0.25, 0.3) is 0 Å². The van der Waals surface area contributed by atoms with Gasteiger partial charge in [-0.05, 0) is 13.3 Å². The molecule has 0 bridgehead atoms. The van der Waals surface area contributed by atoms with Crippen LogP contribution in [0.25, 0.3) is 0 Å². The molecule has 0 unspecified atom stereocenters. The highest BCUT2D eigenvalue weighted by molar-refractivity contribution is 4.84. The molecule has 0 amide bonds. The summed E-state index contributed by atoms with van der Waals surface area (Å²) < 4.78 is 0. The lowest BCUT2D eigenvalue weighted by Crippen LogP contribution is -1.58. The Morgan fingerprint density at radius 2 is 1.20 bits per heavy atom. The number of rotatable bonds is 1. The second-order valence-electron chi connectivity index (χ2n) is 2.02. The van der Waals surface area contributed by atoms with Crippen molar-refractivity contribution in [3.8, 4) is 0 Å². The minimum absolute atomic E-state index is 1.11. The lowest BCUT2D eigenvalue weighted by atomic mass is 10.3. The van der Waals surface area contributed by atoms with Crippen molar-refractivity contribution < 1.29 is 0 Å². The monoisotopic (exact) mass is 144 g/mol. The van der Waals surface area contributed by atoms with Crippen molar-refractivity contribution in [3.05, 3.63) is 12.2 Å². The summed E-state index contributed by atoms with van der Waals surface area (Å²) in [4.78, 5) is 0. The third-order valence-corrected chi connectivity index (χ3v) is 0.604. The van der Waals surface area contributed by atoms with Crippen molar-refractivity contribution in [1.29, 1.82) is 0 Å². The Bertz CT molecular complexity index is 44.0. The predicted octanol–water partition coefficient (Wildman–Crippen LogP) is 4.42. The molecule has 0 radical (unpaired) electrons. The maximum absolute atomic E-state index is 3.67. The molecule has 0 aromatic rings. The molecular formula is C10H24. The quantitative estimate of drug-likeness (QED) is 0.478. The van der Waals surface area contributed by atoms with Crippen LogP contribution in [0.15, 0.2) is 12.2 Å². The van der Waals surface area contributed by atoms with Crippen molar-refractivity contribution in [2.75, 3.05) is 0 Å². The van der Waals surface area contributed by atoms with E-state index in [9.17, 15) is 0 Å². The van der Waals surface area contributed by atoms with Gasteiger partial charge in [0.2, 0.25) is 0 Å². The van der Waals surface area contributed by atoms with Gasteiger partial charge in [0.05, 0.1) is 0 Å². The summed E-state index contributed by atoms with van der Waals surface area (Å²) in [5.74, 6) is 0. The van der Waals surface area contributed by atoms with Crippen LogP contribution in [-0.2, 0) is 0 Å². The highest BCUT2D eigenvalue weighted by Gasteiger charge is 1.67. The fourth-order valence-corrected chi connectivity index (χ4v) is 0. The second-order valence-corrected chi connectivity index (χ2v) is 2.02. The summed E-state index contributed by atoms with van der Waals surface area (Å²) in [6, 6.07) is 0. The fourth-order valence-electron chi connectivity index (χ4n) is 0. The van der Waals surface area contributed by atoms with Gasteiger partial charge >= 0.3 is 0 Å². The summed E-state index contributed by atoms with van der Waals surface area (Å²) >= 11 is 0. The second kappa shape index (κ2) is 23.3. The zero-order chi connectivity index (χ0) is 8.99. The van der Waals surface area contributed by atoms with E-state index in [1.807, 2.05) is 20.8 Å². The highest BCUT2D eigenvalue weighted by Crippen LogP contribution is 1.88. The van der Waals surface area contributed by atoms with Crippen LogP contribution in [0.1, 0.15) is 54.4 Å². The van der Waals surface area contributed by atoms with Gasteiger partial charge in [-0.15, -0.1) is 6.58 Å². The zero-order valence-electron chi connectivity index (χ0n) is 8.62. The molecule has 0 saturated heterocycles. The molecule has 64 valence electrons. The predicted molar refractivity (Wildman–Crippen MR) is 52.4 cm³/mol. The van der Waals surface area contributed by atoms with E-state index in [0.717, 1.165) is 6.42 Å². The Balaban J connectivity index is -0.0000000847. The number of allylic oxidation sites excluding steroid dienone is 1. The molecule has 0 aliphatic rings. The highest BCUT2D eigenvalue weighted by atomic mass is 13.7. The average Bonchev–Trinajstić information content (AvgIpc) is 1.94. The Hall–Kier alpha value is -0.260. The van der Waals surface area contributed by atoms with E-state index in [4.69, 9.17) is 0 Å². The van der Waals surface area contributed by atoms with Crippen LogP contribution in [0.5, 0.6) is 0 Å². The Morgan fingerprint density at radius 3 is 1.20 bits per heavy atom. The van der Waals surface area contributed by atoms with E-state index in [2.05, 4.69) is 27.4 Å². The van der Waals surface area contributed by atoms with E-state index >= 15 is 0 Å². The van der Waals surface area contributed by atoms with Crippen molar-refractivity contribution in [1.82, 2.24) is 0 Å². The van der Waals surface area contributed by atoms with Gasteiger partial charge in [0.15, 0.2) is 0 Å². The first kappa shape index (κ1) is 16.4. The summed E-state index contributed by atoms with van der Waals surface area (Å²) in [6.07, 6.45) is 2.36. The van der Waals surface area contributed by atoms with Crippen molar-refractivity contribution in [2.45, 2.75) is 54.4 Å². The summed E-state index contributed by atoms with van der Waals surface area (Å²) in [5.41, 5.74) is 1.25. The lowest BCUT2D eigenvalue weighted by molar-refractivity contribution is 1.09. The molecule has 0 N–H and O–H groups in total. The van der Waals surface area contributed by atoms with Gasteiger partial charge in [0, 0.05) is 0 Å². The molecule has 0 spiro atoms. The smallest absolute Gasteiger partial charge is 0.0354 e. The first-order valence-electron chi connectivity index (χ1n) is 4.33. The largest absolute Gasteiger partial charge is 0.100 e. The van der Waals surface area contributed by atoms with Crippen LogP contribution in [0.3, 0.4) is 0 Å².